The minimum absolute atomic E-state index is 0.157. The van der Waals surface area contributed by atoms with E-state index in [1.54, 1.807) is 7.11 Å². The Kier molecular flexibility index (Phi) is 4.02. The van der Waals surface area contributed by atoms with Crippen molar-refractivity contribution < 1.29 is 9.47 Å². The first-order chi connectivity index (χ1) is 8.30. The van der Waals surface area contributed by atoms with Gasteiger partial charge in [0.15, 0.2) is 0 Å². The quantitative estimate of drug-likeness (QED) is 0.846. The van der Waals surface area contributed by atoms with Gasteiger partial charge in [0.25, 0.3) is 0 Å². The number of rotatable bonds is 5. The number of nitrogens with one attached hydrogen (secondary N) is 1. The number of aryl methyl sites for hydroxylation is 1. The average molecular weight is 235 g/mol. The van der Waals surface area contributed by atoms with Crippen LogP contribution in [0.25, 0.3) is 0 Å². The fourth-order valence-electron chi connectivity index (χ4n) is 2.37. The highest BCUT2D eigenvalue weighted by atomic mass is 16.5. The molecule has 1 aromatic carbocycles. The predicted octanol–water partition coefficient (Wildman–Crippen LogP) is 2.00. The average Bonchev–Trinajstić information content (AvgIpc) is 2.35. The van der Waals surface area contributed by atoms with E-state index in [9.17, 15) is 0 Å². The summed E-state index contributed by atoms with van der Waals surface area (Å²) < 4.78 is 11.5. The molecule has 3 unspecified atom stereocenters. The first kappa shape index (κ1) is 12.4. The van der Waals surface area contributed by atoms with Gasteiger partial charge in [0.05, 0.1) is 0 Å². The zero-order valence-corrected chi connectivity index (χ0v) is 10.8. The highest BCUT2D eigenvalue weighted by molar-refractivity contribution is 5.33. The van der Waals surface area contributed by atoms with Crippen LogP contribution < -0.4 is 10.1 Å². The molecule has 1 saturated carbocycles. The van der Waals surface area contributed by atoms with Crippen molar-refractivity contribution in [3.05, 3.63) is 29.8 Å². The lowest BCUT2D eigenvalue weighted by molar-refractivity contribution is -0.0872. The summed E-state index contributed by atoms with van der Waals surface area (Å²) in [5, 5.41) is 3.24. The summed E-state index contributed by atoms with van der Waals surface area (Å²) in [5.41, 5.74) is 1.26. The maximum Gasteiger partial charge on any atom is 0.128 e. The van der Waals surface area contributed by atoms with E-state index in [2.05, 4.69) is 24.4 Å². The molecule has 0 heterocycles. The maximum atomic E-state index is 6.04. The summed E-state index contributed by atoms with van der Waals surface area (Å²) in [6.07, 6.45) is 2.33. The van der Waals surface area contributed by atoms with Gasteiger partial charge in [-0.15, -0.1) is 0 Å². The monoisotopic (exact) mass is 235 g/mol. The van der Waals surface area contributed by atoms with Crippen LogP contribution in [-0.2, 0) is 11.2 Å². The van der Waals surface area contributed by atoms with Crippen LogP contribution in [0.15, 0.2) is 24.3 Å². The first-order valence-electron chi connectivity index (χ1n) is 6.24. The number of hydrogen-bond acceptors (Lipinski definition) is 3. The van der Waals surface area contributed by atoms with Crippen LogP contribution in [0.1, 0.15) is 18.9 Å². The Balaban J connectivity index is 2.02. The van der Waals surface area contributed by atoms with Gasteiger partial charge in [-0.3, -0.25) is 0 Å². The van der Waals surface area contributed by atoms with Gasteiger partial charge >= 0.3 is 0 Å². The summed E-state index contributed by atoms with van der Waals surface area (Å²) >= 11 is 0. The molecule has 0 saturated heterocycles. The third kappa shape index (κ3) is 2.45. The topological polar surface area (TPSA) is 30.5 Å². The van der Waals surface area contributed by atoms with Gasteiger partial charge in [0, 0.05) is 19.6 Å². The van der Waals surface area contributed by atoms with Crippen molar-refractivity contribution >= 4 is 0 Å². The molecule has 0 aliphatic heterocycles. The van der Waals surface area contributed by atoms with Crippen molar-refractivity contribution in [2.45, 2.75) is 38.0 Å². The van der Waals surface area contributed by atoms with Gasteiger partial charge < -0.3 is 14.8 Å². The van der Waals surface area contributed by atoms with Crippen molar-refractivity contribution in [1.82, 2.24) is 5.32 Å². The van der Waals surface area contributed by atoms with Gasteiger partial charge in [0.1, 0.15) is 18.0 Å². The van der Waals surface area contributed by atoms with Crippen LogP contribution >= 0.6 is 0 Å². The number of benzene rings is 1. The highest BCUT2D eigenvalue weighted by Gasteiger charge is 2.42. The summed E-state index contributed by atoms with van der Waals surface area (Å²) in [6, 6.07) is 8.64. The third-order valence-electron chi connectivity index (χ3n) is 3.52. The SMILES string of the molecule is CCc1ccccc1OC1CC(NC)C1OC. The Hall–Kier alpha value is -1.06. The molecule has 0 amide bonds. The molecule has 1 N–H and O–H groups in total. The molecule has 0 radical (unpaired) electrons. The van der Waals surface area contributed by atoms with Crippen LogP contribution in [0.3, 0.4) is 0 Å². The minimum atomic E-state index is 0.157. The maximum absolute atomic E-state index is 6.04. The highest BCUT2D eigenvalue weighted by Crippen LogP contribution is 2.30. The zero-order valence-electron chi connectivity index (χ0n) is 10.8. The fraction of sp³-hybridized carbons (Fsp3) is 0.571. The molecular weight excluding hydrogens is 214 g/mol. The number of hydrogen-bond donors (Lipinski definition) is 1. The Bertz CT molecular complexity index is 367. The van der Waals surface area contributed by atoms with E-state index in [0.717, 1.165) is 18.6 Å². The van der Waals surface area contributed by atoms with Gasteiger partial charge in [-0.05, 0) is 25.1 Å². The molecule has 1 aliphatic carbocycles. The van der Waals surface area contributed by atoms with Crippen LogP contribution in [-0.4, -0.2) is 32.4 Å². The first-order valence-corrected chi connectivity index (χ1v) is 6.24. The Morgan fingerprint density at radius 2 is 2.12 bits per heavy atom. The smallest absolute Gasteiger partial charge is 0.128 e. The van der Waals surface area contributed by atoms with Crippen LogP contribution in [0, 0.1) is 0 Å². The van der Waals surface area contributed by atoms with Crippen molar-refractivity contribution in [2.24, 2.45) is 0 Å². The van der Waals surface area contributed by atoms with Crippen LogP contribution in [0.2, 0.25) is 0 Å². The molecule has 17 heavy (non-hydrogen) atoms. The van der Waals surface area contributed by atoms with E-state index in [-0.39, 0.29) is 12.2 Å². The van der Waals surface area contributed by atoms with E-state index in [0.29, 0.717) is 6.04 Å². The molecule has 0 aromatic heterocycles. The van der Waals surface area contributed by atoms with Gasteiger partial charge in [-0.1, -0.05) is 25.1 Å². The molecule has 3 heteroatoms. The van der Waals surface area contributed by atoms with E-state index in [1.165, 1.54) is 5.56 Å². The molecule has 0 bridgehead atoms. The molecule has 3 atom stereocenters. The zero-order chi connectivity index (χ0) is 12.3. The van der Waals surface area contributed by atoms with Crippen molar-refractivity contribution in [1.29, 1.82) is 0 Å². The standard InChI is InChI=1S/C14H21NO2/c1-4-10-7-5-6-8-12(10)17-13-9-11(15-2)14(13)16-3/h5-8,11,13-15H,4,9H2,1-3H3. The van der Waals surface area contributed by atoms with Gasteiger partial charge in [0.2, 0.25) is 0 Å². The number of likely N-dealkylation sites (N-methyl/N-ethyl adjacent to an activating group) is 1. The van der Waals surface area contributed by atoms with Gasteiger partial charge in [-0.2, -0.15) is 0 Å². The fourth-order valence-corrected chi connectivity index (χ4v) is 2.37. The normalized spacial score (nSPS) is 27.6. The molecular formula is C14H21NO2. The van der Waals surface area contributed by atoms with Crippen molar-refractivity contribution in [3.8, 4) is 5.75 Å². The van der Waals surface area contributed by atoms with Gasteiger partial charge in [-0.25, -0.2) is 0 Å². The van der Waals surface area contributed by atoms with E-state index in [1.807, 2.05) is 19.2 Å². The lowest BCUT2D eigenvalue weighted by Crippen LogP contribution is -2.60. The van der Waals surface area contributed by atoms with Crippen molar-refractivity contribution in [3.63, 3.8) is 0 Å². The summed E-state index contributed by atoms with van der Waals surface area (Å²) in [5.74, 6) is 0.997. The summed E-state index contributed by atoms with van der Waals surface area (Å²) in [7, 11) is 3.71. The number of para-hydroxylation sites is 1. The van der Waals surface area contributed by atoms with E-state index < -0.39 is 0 Å². The second-order valence-corrected chi connectivity index (χ2v) is 4.45. The Labute approximate surface area is 103 Å². The summed E-state index contributed by atoms with van der Waals surface area (Å²) in [6.45, 7) is 2.15. The molecule has 1 aliphatic rings. The molecule has 2 rings (SSSR count). The largest absolute Gasteiger partial charge is 0.487 e. The summed E-state index contributed by atoms with van der Waals surface area (Å²) in [4.78, 5) is 0. The number of ether oxygens (including phenoxy) is 2. The second-order valence-electron chi connectivity index (χ2n) is 4.45. The third-order valence-corrected chi connectivity index (χ3v) is 3.52. The second kappa shape index (κ2) is 5.52. The van der Waals surface area contributed by atoms with E-state index >= 15 is 0 Å². The lowest BCUT2D eigenvalue weighted by atomic mass is 9.85. The van der Waals surface area contributed by atoms with Crippen molar-refractivity contribution in [2.75, 3.05) is 14.2 Å². The molecule has 1 fully saturated rings. The molecule has 3 nitrogen and oxygen atoms in total. The minimum Gasteiger partial charge on any atom is -0.487 e. The van der Waals surface area contributed by atoms with E-state index in [4.69, 9.17) is 9.47 Å². The molecule has 94 valence electrons. The lowest BCUT2D eigenvalue weighted by Gasteiger charge is -2.43. The Morgan fingerprint density at radius 1 is 1.35 bits per heavy atom. The predicted molar refractivity (Wildman–Crippen MR) is 68.5 cm³/mol. The van der Waals surface area contributed by atoms with Crippen LogP contribution in [0.4, 0.5) is 0 Å². The number of methoxy groups -OCH3 is 1. The Morgan fingerprint density at radius 3 is 2.76 bits per heavy atom. The molecule has 1 aromatic rings. The molecule has 0 spiro atoms. The van der Waals surface area contributed by atoms with Crippen LogP contribution in [0.5, 0.6) is 5.75 Å².